The van der Waals surface area contributed by atoms with Crippen LogP contribution in [0, 0.1) is 5.82 Å². The Kier molecular flexibility index (Phi) is 3.26. The maximum Gasteiger partial charge on any atom is 0.252 e. The Hall–Kier alpha value is -1.66. The molecule has 1 atom stereocenters. The minimum atomic E-state index is -0.917. The third-order valence-electron chi connectivity index (χ3n) is 2.62. The van der Waals surface area contributed by atoms with Crippen molar-refractivity contribution in [1.82, 2.24) is 5.32 Å². The maximum atomic E-state index is 13.6. The Labute approximate surface area is 97.3 Å². The molecule has 0 fully saturated rings. The van der Waals surface area contributed by atoms with Crippen molar-refractivity contribution < 1.29 is 19.4 Å². The monoisotopic (exact) mass is 240 g/mol. The second-order valence-corrected chi connectivity index (χ2v) is 3.88. The summed E-state index contributed by atoms with van der Waals surface area (Å²) in [6, 6.07) is 2.80. The van der Waals surface area contributed by atoms with Crippen molar-refractivity contribution in [3.8, 4) is 0 Å². The predicted octanol–water partition coefficient (Wildman–Crippen LogP) is -0.166. The highest BCUT2D eigenvalue weighted by Crippen LogP contribution is 2.23. The molecule has 1 amide bonds. The number of hydrogen-bond acceptors (Lipinski definition) is 4. The van der Waals surface area contributed by atoms with Crippen LogP contribution in [0.25, 0.3) is 0 Å². The van der Waals surface area contributed by atoms with Crippen LogP contribution in [0.5, 0.6) is 0 Å². The van der Waals surface area contributed by atoms with Gasteiger partial charge in [-0.05, 0) is 12.1 Å². The number of halogens is 1. The van der Waals surface area contributed by atoms with Crippen LogP contribution in [0.1, 0.15) is 15.9 Å². The molecule has 0 aliphatic carbocycles. The first-order chi connectivity index (χ1) is 8.11. The topological polar surface area (TPSA) is 81.6 Å². The second kappa shape index (κ2) is 4.68. The molecule has 2 rings (SSSR count). The molecule has 5 nitrogen and oxygen atoms in total. The van der Waals surface area contributed by atoms with Crippen LogP contribution in [0.4, 0.5) is 10.1 Å². The smallest absolute Gasteiger partial charge is 0.252 e. The lowest BCUT2D eigenvalue weighted by atomic mass is 10.1. The zero-order valence-corrected chi connectivity index (χ0v) is 9.03. The van der Waals surface area contributed by atoms with Crippen molar-refractivity contribution in [2.45, 2.75) is 12.6 Å². The van der Waals surface area contributed by atoms with Crippen molar-refractivity contribution >= 4 is 11.6 Å². The van der Waals surface area contributed by atoms with Crippen LogP contribution < -0.4 is 10.6 Å². The molecule has 92 valence electrons. The molecule has 0 spiro atoms. The van der Waals surface area contributed by atoms with Gasteiger partial charge in [0.25, 0.3) is 5.91 Å². The van der Waals surface area contributed by atoms with Crippen LogP contribution >= 0.6 is 0 Å². The first kappa shape index (κ1) is 11.8. The fourth-order valence-corrected chi connectivity index (χ4v) is 1.68. The number of carbonyl (C=O) groups excluding carboxylic acids is 1. The van der Waals surface area contributed by atoms with Crippen molar-refractivity contribution in [3.63, 3.8) is 0 Å². The Morgan fingerprint density at radius 2 is 2.29 bits per heavy atom. The summed E-state index contributed by atoms with van der Waals surface area (Å²) < 4.78 is 13.6. The number of benzene rings is 1. The third-order valence-corrected chi connectivity index (χ3v) is 2.62. The Morgan fingerprint density at radius 3 is 3.00 bits per heavy atom. The fourth-order valence-electron chi connectivity index (χ4n) is 1.68. The fraction of sp³-hybridized carbons (Fsp3) is 0.364. The Morgan fingerprint density at radius 1 is 1.53 bits per heavy atom. The zero-order chi connectivity index (χ0) is 12.4. The largest absolute Gasteiger partial charge is 0.394 e. The molecule has 0 saturated heterocycles. The number of fused-ring (bicyclic) bond motifs is 1. The van der Waals surface area contributed by atoms with E-state index in [1.807, 2.05) is 0 Å². The van der Waals surface area contributed by atoms with Gasteiger partial charge in [-0.1, -0.05) is 0 Å². The van der Waals surface area contributed by atoms with Crippen molar-refractivity contribution in [1.29, 1.82) is 0 Å². The van der Waals surface area contributed by atoms with Crippen molar-refractivity contribution in [2.75, 3.05) is 18.5 Å². The molecule has 0 bridgehead atoms. The van der Waals surface area contributed by atoms with Gasteiger partial charge >= 0.3 is 0 Å². The van der Waals surface area contributed by atoms with E-state index in [4.69, 9.17) is 10.2 Å². The molecule has 1 heterocycles. The molecular formula is C11H13FN2O3. The van der Waals surface area contributed by atoms with Crippen LogP contribution in [0.3, 0.4) is 0 Å². The van der Waals surface area contributed by atoms with Gasteiger partial charge in [0.2, 0.25) is 0 Å². The minimum Gasteiger partial charge on any atom is -0.394 e. The highest BCUT2D eigenvalue weighted by atomic mass is 19.1. The summed E-state index contributed by atoms with van der Waals surface area (Å²) in [5, 5.41) is 23.1. The van der Waals surface area contributed by atoms with Gasteiger partial charge in [0, 0.05) is 29.9 Å². The molecule has 4 N–H and O–H groups in total. The molecule has 1 unspecified atom stereocenters. The van der Waals surface area contributed by atoms with Crippen LogP contribution in [0.2, 0.25) is 0 Å². The number of amides is 1. The average molecular weight is 240 g/mol. The van der Waals surface area contributed by atoms with Gasteiger partial charge in [-0.15, -0.1) is 0 Å². The number of anilines is 1. The summed E-state index contributed by atoms with van der Waals surface area (Å²) in [5.74, 6) is -0.757. The number of nitrogens with one attached hydrogen (secondary N) is 2. The zero-order valence-electron chi connectivity index (χ0n) is 9.03. The Balaban J connectivity index is 2.17. The SMILES string of the molecule is O=C1NCc2c(F)cc(NCC(O)CO)cc21. The second-order valence-electron chi connectivity index (χ2n) is 3.88. The first-order valence-corrected chi connectivity index (χ1v) is 5.25. The summed E-state index contributed by atoms with van der Waals surface area (Å²) in [6.45, 7) is -0.0726. The summed E-state index contributed by atoms with van der Waals surface area (Å²) in [5.41, 5.74) is 1.08. The lowest BCUT2D eigenvalue weighted by Crippen LogP contribution is -2.23. The molecule has 0 saturated carbocycles. The van der Waals surface area contributed by atoms with Crippen LogP contribution in [-0.2, 0) is 6.54 Å². The normalized spacial score (nSPS) is 15.4. The van der Waals surface area contributed by atoms with E-state index in [1.54, 1.807) is 0 Å². The lowest BCUT2D eigenvalue weighted by Gasteiger charge is -2.11. The standard InChI is InChI=1S/C11H13FN2O3/c12-10-2-6(13-3-7(16)5-15)1-8-9(10)4-14-11(8)17/h1-2,7,13,15-16H,3-5H2,(H,14,17). The predicted molar refractivity (Wildman–Crippen MR) is 59.2 cm³/mol. The van der Waals surface area contributed by atoms with Gasteiger partial charge in [-0.3, -0.25) is 4.79 Å². The number of hydrogen-bond donors (Lipinski definition) is 4. The summed E-state index contributed by atoms with van der Waals surface area (Å²) in [6.07, 6.45) is -0.917. The minimum absolute atomic E-state index is 0.0936. The van der Waals surface area contributed by atoms with E-state index in [0.29, 0.717) is 16.8 Å². The first-order valence-electron chi connectivity index (χ1n) is 5.25. The van der Waals surface area contributed by atoms with Gasteiger partial charge in [-0.2, -0.15) is 0 Å². The number of aliphatic hydroxyl groups excluding tert-OH is 2. The third kappa shape index (κ3) is 2.37. The molecule has 1 aliphatic rings. The van der Waals surface area contributed by atoms with E-state index in [9.17, 15) is 9.18 Å². The molecular weight excluding hydrogens is 227 g/mol. The number of aliphatic hydroxyl groups is 2. The molecule has 1 aromatic rings. The molecule has 1 aliphatic heterocycles. The van der Waals surface area contributed by atoms with Gasteiger partial charge < -0.3 is 20.8 Å². The molecule has 17 heavy (non-hydrogen) atoms. The molecule has 0 radical (unpaired) electrons. The average Bonchev–Trinajstić information content (AvgIpc) is 2.69. The Bertz CT molecular complexity index is 451. The highest BCUT2D eigenvalue weighted by Gasteiger charge is 2.23. The van der Waals surface area contributed by atoms with E-state index in [0.717, 1.165) is 0 Å². The summed E-state index contributed by atoms with van der Waals surface area (Å²) in [7, 11) is 0. The van der Waals surface area contributed by atoms with E-state index in [1.165, 1.54) is 12.1 Å². The van der Waals surface area contributed by atoms with E-state index in [-0.39, 0.29) is 25.6 Å². The van der Waals surface area contributed by atoms with Crippen molar-refractivity contribution in [2.24, 2.45) is 0 Å². The van der Waals surface area contributed by atoms with Crippen LogP contribution in [0.15, 0.2) is 12.1 Å². The molecule has 6 heteroatoms. The lowest BCUT2D eigenvalue weighted by molar-refractivity contribution is 0.0966. The van der Waals surface area contributed by atoms with Gasteiger partial charge in [0.05, 0.1) is 12.7 Å². The molecule has 0 aromatic heterocycles. The van der Waals surface area contributed by atoms with Gasteiger partial charge in [0.15, 0.2) is 0 Å². The van der Waals surface area contributed by atoms with Crippen molar-refractivity contribution in [3.05, 3.63) is 29.1 Å². The number of carbonyl (C=O) groups is 1. The summed E-state index contributed by atoms with van der Waals surface area (Å²) >= 11 is 0. The highest BCUT2D eigenvalue weighted by molar-refractivity contribution is 5.99. The number of rotatable bonds is 4. The van der Waals surface area contributed by atoms with Gasteiger partial charge in [-0.25, -0.2) is 4.39 Å². The van der Waals surface area contributed by atoms with E-state index in [2.05, 4.69) is 10.6 Å². The van der Waals surface area contributed by atoms with E-state index >= 15 is 0 Å². The quantitative estimate of drug-likeness (QED) is 0.589. The van der Waals surface area contributed by atoms with Gasteiger partial charge in [0.1, 0.15) is 5.82 Å². The maximum absolute atomic E-state index is 13.6. The van der Waals surface area contributed by atoms with E-state index < -0.39 is 11.9 Å². The molecule has 1 aromatic carbocycles. The van der Waals surface area contributed by atoms with Crippen LogP contribution in [-0.4, -0.2) is 35.4 Å². The summed E-state index contributed by atoms with van der Waals surface area (Å²) in [4.78, 5) is 11.4.